The van der Waals surface area contributed by atoms with E-state index in [1.54, 1.807) is 11.1 Å². The fraction of sp³-hybridized carbons (Fsp3) is 0.429. The molecule has 10 heteroatoms. The molecule has 0 aromatic carbocycles. The lowest BCUT2D eigenvalue weighted by atomic mass is 10.3. The van der Waals surface area contributed by atoms with Gasteiger partial charge in [-0.25, -0.2) is 9.66 Å². The van der Waals surface area contributed by atoms with Gasteiger partial charge in [0.2, 0.25) is 16.2 Å². The number of thioether (sulfide) groups is 2. The second kappa shape index (κ2) is 9.14. The van der Waals surface area contributed by atoms with Crippen molar-refractivity contribution in [2.24, 2.45) is 0 Å². The summed E-state index contributed by atoms with van der Waals surface area (Å²) in [5, 5.41) is 9.65. The third kappa shape index (κ3) is 4.78. The average Bonchev–Trinajstić information content (AvgIpc) is 2.93. The zero-order valence-corrected chi connectivity index (χ0v) is 15.9. The van der Waals surface area contributed by atoms with Crippen molar-refractivity contribution in [2.75, 3.05) is 24.7 Å². The molecule has 2 heterocycles. The Labute approximate surface area is 154 Å². The van der Waals surface area contributed by atoms with Crippen LogP contribution >= 0.6 is 35.1 Å². The number of halogens is 1. The van der Waals surface area contributed by atoms with Gasteiger partial charge in [-0.3, -0.25) is 4.79 Å². The summed E-state index contributed by atoms with van der Waals surface area (Å²) < 4.78 is 1.40. The van der Waals surface area contributed by atoms with Gasteiger partial charge in [0, 0.05) is 25.0 Å². The van der Waals surface area contributed by atoms with E-state index in [2.05, 4.69) is 15.2 Å². The predicted molar refractivity (Wildman–Crippen MR) is 97.6 cm³/mol. The molecular weight excluding hydrogens is 368 g/mol. The predicted octanol–water partition coefficient (Wildman–Crippen LogP) is 2.29. The lowest BCUT2D eigenvalue weighted by Gasteiger charge is -2.17. The molecule has 2 aromatic rings. The lowest BCUT2D eigenvalue weighted by Crippen LogP contribution is -2.32. The number of rotatable bonds is 8. The van der Waals surface area contributed by atoms with E-state index in [0.29, 0.717) is 34.3 Å². The second-order valence-electron chi connectivity index (χ2n) is 4.73. The van der Waals surface area contributed by atoms with Crippen LogP contribution in [-0.2, 0) is 10.5 Å². The quantitative estimate of drug-likeness (QED) is 0.423. The van der Waals surface area contributed by atoms with Crippen LogP contribution < -0.4 is 5.84 Å². The van der Waals surface area contributed by atoms with Crippen molar-refractivity contribution >= 4 is 41.0 Å². The first-order chi connectivity index (χ1) is 11.6. The van der Waals surface area contributed by atoms with Crippen molar-refractivity contribution < 1.29 is 4.79 Å². The third-order valence-electron chi connectivity index (χ3n) is 3.27. The fourth-order valence-electron chi connectivity index (χ4n) is 1.92. The van der Waals surface area contributed by atoms with Crippen LogP contribution in [0.3, 0.4) is 0 Å². The smallest absolute Gasteiger partial charge is 0.233 e. The molecule has 0 radical (unpaired) electrons. The van der Waals surface area contributed by atoms with Crippen molar-refractivity contribution in [1.29, 1.82) is 0 Å². The van der Waals surface area contributed by atoms with Crippen LogP contribution in [0.15, 0.2) is 28.6 Å². The van der Waals surface area contributed by atoms with Gasteiger partial charge in [-0.2, -0.15) is 0 Å². The van der Waals surface area contributed by atoms with E-state index >= 15 is 0 Å². The molecule has 0 aliphatic carbocycles. The molecule has 0 aliphatic rings. The number of amides is 1. The molecule has 2 N–H and O–H groups in total. The van der Waals surface area contributed by atoms with E-state index in [-0.39, 0.29) is 11.7 Å². The van der Waals surface area contributed by atoms with Gasteiger partial charge in [-0.05, 0) is 25.5 Å². The van der Waals surface area contributed by atoms with Gasteiger partial charge >= 0.3 is 0 Å². The van der Waals surface area contributed by atoms with Crippen LogP contribution in [-0.4, -0.2) is 49.5 Å². The Hall–Kier alpha value is -1.45. The molecule has 24 heavy (non-hydrogen) atoms. The van der Waals surface area contributed by atoms with Gasteiger partial charge in [0.05, 0.1) is 5.75 Å². The van der Waals surface area contributed by atoms with E-state index in [9.17, 15) is 4.79 Å². The molecule has 0 saturated carbocycles. The van der Waals surface area contributed by atoms with Crippen molar-refractivity contribution in [3.63, 3.8) is 0 Å². The molecule has 2 aromatic heterocycles. The minimum atomic E-state index is 0.0596. The normalized spacial score (nSPS) is 10.8. The Morgan fingerprint density at radius 1 is 1.29 bits per heavy atom. The van der Waals surface area contributed by atoms with E-state index in [1.807, 2.05) is 26.0 Å². The molecule has 2 rings (SSSR count). The maximum Gasteiger partial charge on any atom is 0.233 e. The molecular formula is C14H19ClN6OS2. The standard InChI is InChI=1S/C14H19ClN6OS2/c1-3-20(4-2)11(22)9-24-14-19-18-13(21(14)16)23-8-10-6-5-7-17-12(10)15/h5-7H,3-4,8-9,16H2,1-2H3. The number of nitrogens with zero attached hydrogens (tertiary/aromatic N) is 5. The van der Waals surface area contributed by atoms with Gasteiger partial charge in [-0.1, -0.05) is 41.2 Å². The highest BCUT2D eigenvalue weighted by Crippen LogP contribution is 2.26. The zero-order valence-electron chi connectivity index (χ0n) is 13.5. The molecule has 7 nitrogen and oxygen atoms in total. The van der Waals surface area contributed by atoms with E-state index < -0.39 is 0 Å². The van der Waals surface area contributed by atoms with E-state index in [0.717, 1.165) is 5.56 Å². The molecule has 0 unspecified atom stereocenters. The molecule has 0 bridgehead atoms. The topological polar surface area (TPSA) is 89.9 Å². The summed E-state index contributed by atoms with van der Waals surface area (Å²) in [6.07, 6.45) is 1.64. The molecule has 0 atom stereocenters. The Bertz CT molecular complexity index is 692. The fourth-order valence-corrected chi connectivity index (χ4v) is 3.85. The molecule has 130 valence electrons. The summed E-state index contributed by atoms with van der Waals surface area (Å²) in [4.78, 5) is 17.8. The van der Waals surface area contributed by atoms with Crippen molar-refractivity contribution in [1.82, 2.24) is 24.8 Å². The Morgan fingerprint density at radius 2 is 1.96 bits per heavy atom. The van der Waals surface area contributed by atoms with E-state index in [1.165, 1.54) is 28.2 Å². The van der Waals surface area contributed by atoms with Gasteiger partial charge in [-0.15, -0.1) is 10.2 Å². The number of hydrogen-bond acceptors (Lipinski definition) is 7. The van der Waals surface area contributed by atoms with Crippen LogP contribution in [0.4, 0.5) is 0 Å². The summed E-state index contributed by atoms with van der Waals surface area (Å²) in [5.41, 5.74) is 0.901. The maximum atomic E-state index is 12.0. The number of aromatic nitrogens is 4. The van der Waals surface area contributed by atoms with Crippen molar-refractivity contribution in [3.8, 4) is 0 Å². The zero-order chi connectivity index (χ0) is 17.5. The summed E-state index contributed by atoms with van der Waals surface area (Å²) in [6, 6.07) is 3.73. The molecule has 0 fully saturated rings. The van der Waals surface area contributed by atoms with Crippen molar-refractivity contribution in [3.05, 3.63) is 29.0 Å². The average molecular weight is 387 g/mol. The Kier molecular flexibility index (Phi) is 7.19. The summed E-state index contributed by atoms with van der Waals surface area (Å²) in [5.74, 6) is 6.95. The molecule has 0 aliphatic heterocycles. The first-order valence-corrected chi connectivity index (χ1v) is 9.75. The molecule has 0 saturated heterocycles. The van der Waals surface area contributed by atoms with Gasteiger partial charge in [0.25, 0.3) is 0 Å². The number of hydrogen-bond donors (Lipinski definition) is 1. The minimum absolute atomic E-state index is 0.0596. The van der Waals surface area contributed by atoms with Crippen LogP contribution in [0.25, 0.3) is 0 Å². The number of nitrogens with two attached hydrogens (primary N) is 1. The molecule has 1 amide bonds. The monoisotopic (exact) mass is 386 g/mol. The van der Waals surface area contributed by atoms with Crippen LogP contribution in [0.2, 0.25) is 5.15 Å². The number of nitrogen functional groups attached to an aromatic ring is 1. The van der Waals surface area contributed by atoms with Gasteiger partial charge in [0.1, 0.15) is 5.15 Å². The lowest BCUT2D eigenvalue weighted by molar-refractivity contribution is -0.127. The minimum Gasteiger partial charge on any atom is -0.343 e. The number of carbonyl (C=O) groups is 1. The first-order valence-electron chi connectivity index (χ1n) is 7.40. The molecule has 0 spiro atoms. The summed E-state index contributed by atoms with van der Waals surface area (Å²) in [7, 11) is 0. The maximum absolute atomic E-state index is 12.0. The van der Waals surface area contributed by atoms with Crippen LogP contribution in [0.5, 0.6) is 0 Å². The Morgan fingerprint density at radius 3 is 2.58 bits per heavy atom. The first kappa shape index (κ1) is 18.9. The highest BCUT2D eigenvalue weighted by atomic mass is 35.5. The largest absolute Gasteiger partial charge is 0.343 e. The highest BCUT2D eigenvalue weighted by Gasteiger charge is 2.15. The SMILES string of the molecule is CCN(CC)C(=O)CSc1nnc(SCc2cccnc2Cl)n1N. The third-order valence-corrected chi connectivity index (χ3v) is 5.53. The highest BCUT2D eigenvalue weighted by molar-refractivity contribution is 8.00. The van der Waals surface area contributed by atoms with Crippen LogP contribution in [0.1, 0.15) is 19.4 Å². The second-order valence-corrected chi connectivity index (χ2v) is 6.97. The van der Waals surface area contributed by atoms with Gasteiger partial charge < -0.3 is 10.7 Å². The number of pyridine rings is 1. The number of carbonyl (C=O) groups excluding carboxylic acids is 1. The van der Waals surface area contributed by atoms with Gasteiger partial charge in [0.15, 0.2) is 0 Å². The Balaban J connectivity index is 1.93. The van der Waals surface area contributed by atoms with E-state index in [4.69, 9.17) is 17.4 Å². The summed E-state index contributed by atoms with van der Waals surface area (Å²) in [6.45, 7) is 5.29. The van der Waals surface area contributed by atoms with Crippen LogP contribution in [0, 0.1) is 0 Å². The summed E-state index contributed by atoms with van der Waals surface area (Å²) >= 11 is 8.73. The van der Waals surface area contributed by atoms with Crippen molar-refractivity contribution in [2.45, 2.75) is 29.9 Å².